The molecular formula is C13H10BrF2NO. The Hall–Kier alpha value is -1.46. The number of hydrogen-bond acceptors (Lipinski definition) is 2. The molecule has 2 rings (SSSR count). The molecule has 3 N–H and O–H groups in total. The lowest BCUT2D eigenvalue weighted by Crippen LogP contribution is -2.04. The van der Waals surface area contributed by atoms with Gasteiger partial charge < -0.3 is 10.8 Å². The summed E-state index contributed by atoms with van der Waals surface area (Å²) in [6.07, 6.45) is -1.10. The van der Waals surface area contributed by atoms with Crippen LogP contribution >= 0.6 is 15.9 Å². The number of anilines is 1. The summed E-state index contributed by atoms with van der Waals surface area (Å²) >= 11 is 3.26. The van der Waals surface area contributed by atoms with Crippen LogP contribution in [-0.2, 0) is 0 Å². The molecule has 0 aliphatic carbocycles. The number of nitrogens with two attached hydrogens (primary N) is 1. The first-order valence-electron chi connectivity index (χ1n) is 5.17. The van der Waals surface area contributed by atoms with Gasteiger partial charge in [-0.15, -0.1) is 0 Å². The van der Waals surface area contributed by atoms with Gasteiger partial charge in [-0.05, 0) is 35.9 Å². The maximum atomic E-state index is 13.1. The second kappa shape index (κ2) is 5.04. The van der Waals surface area contributed by atoms with Crippen molar-refractivity contribution in [2.75, 3.05) is 5.73 Å². The summed E-state index contributed by atoms with van der Waals surface area (Å²) in [4.78, 5) is 0. The molecular weight excluding hydrogens is 304 g/mol. The standard InChI is InChI=1S/C13H10BrF2NO/c14-8-2-4-12(17)9(6-8)13(18)7-1-3-10(15)11(16)5-7/h1-6,13,18H,17H2. The molecule has 1 unspecified atom stereocenters. The number of hydrogen-bond donors (Lipinski definition) is 2. The summed E-state index contributed by atoms with van der Waals surface area (Å²) in [5.74, 6) is -1.95. The van der Waals surface area contributed by atoms with Crippen molar-refractivity contribution in [1.29, 1.82) is 0 Å². The fourth-order valence-corrected chi connectivity index (χ4v) is 2.02. The van der Waals surface area contributed by atoms with Gasteiger partial charge in [0.15, 0.2) is 11.6 Å². The lowest BCUT2D eigenvalue weighted by atomic mass is 10.00. The molecule has 0 aliphatic rings. The molecule has 5 heteroatoms. The van der Waals surface area contributed by atoms with Gasteiger partial charge in [0.25, 0.3) is 0 Å². The Morgan fingerprint density at radius 2 is 1.78 bits per heavy atom. The molecule has 0 saturated heterocycles. The van der Waals surface area contributed by atoms with Gasteiger partial charge >= 0.3 is 0 Å². The first-order chi connectivity index (χ1) is 8.49. The summed E-state index contributed by atoms with van der Waals surface area (Å²) in [5, 5.41) is 10.1. The van der Waals surface area contributed by atoms with Gasteiger partial charge in [-0.25, -0.2) is 8.78 Å². The molecule has 0 aliphatic heterocycles. The third kappa shape index (κ3) is 2.52. The van der Waals surface area contributed by atoms with Crippen LogP contribution in [0.4, 0.5) is 14.5 Å². The van der Waals surface area contributed by atoms with E-state index in [9.17, 15) is 13.9 Å². The molecule has 0 bridgehead atoms. The minimum absolute atomic E-state index is 0.249. The van der Waals surface area contributed by atoms with E-state index in [-0.39, 0.29) is 5.56 Å². The van der Waals surface area contributed by atoms with Gasteiger partial charge in [-0.1, -0.05) is 22.0 Å². The Bertz CT molecular complexity index is 589. The highest BCUT2D eigenvalue weighted by Crippen LogP contribution is 2.29. The number of aliphatic hydroxyl groups excluding tert-OH is 1. The number of aliphatic hydroxyl groups is 1. The summed E-state index contributed by atoms with van der Waals surface area (Å²) in [7, 11) is 0. The van der Waals surface area contributed by atoms with Crippen LogP contribution < -0.4 is 5.73 Å². The lowest BCUT2D eigenvalue weighted by Gasteiger charge is -2.14. The monoisotopic (exact) mass is 313 g/mol. The predicted octanol–water partition coefficient (Wildman–Crippen LogP) is 3.39. The zero-order valence-corrected chi connectivity index (χ0v) is 10.8. The molecule has 1 atom stereocenters. The number of nitrogen functional groups attached to an aromatic ring is 1. The molecule has 2 aromatic rings. The maximum Gasteiger partial charge on any atom is 0.159 e. The van der Waals surface area contributed by atoms with Gasteiger partial charge in [0.2, 0.25) is 0 Å². The van der Waals surface area contributed by atoms with Crippen LogP contribution in [0.25, 0.3) is 0 Å². The van der Waals surface area contributed by atoms with Crippen molar-refractivity contribution in [3.05, 3.63) is 63.6 Å². The molecule has 0 spiro atoms. The largest absolute Gasteiger partial charge is 0.398 e. The minimum Gasteiger partial charge on any atom is -0.398 e. The molecule has 18 heavy (non-hydrogen) atoms. The van der Waals surface area contributed by atoms with Crippen LogP contribution in [0.5, 0.6) is 0 Å². The Balaban J connectivity index is 2.44. The quantitative estimate of drug-likeness (QED) is 0.835. The summed E-state index contributed by atoms with van der Waals surface area (Å²) in [6.45, 7) is 0. The molecule has 2 nitrogen and oxygen atoms in total. The third-order valence-electron chi connectivity index (χ3n) is 2.60. The highest BCUT2D eigenvalue weighted by molar-refractivity contribution is 9.10. The molecule has 0 amide bonds. The van der Waals surface area contributed by atoms with E-state index >= 15 is 0 Å². The normalized spacial score (nSPS) is 12.4. The Kier molecular flexibility index (Phi) is 3.63. The molecule has 94 valence electrons. The third-order valence-corrected chi connectivity index (χ3v) is 3.10. The first-order valence-corrected chi connectivity index (χ1v) is 5.96. The van der Waals surface area contributed by atoms with Crippen LogP contribution in [0, 0.1) is 11.6 Å². The number of rotatable bonds is 2. The number of benzene rings is 2. The van der Waals surface area contributed by atoms with Crippen LogP contribution in [0.1, 0.15) is 17.2 Å². The Labute approximate surface area is 111 Å². The smallest absolute Gasteiger partial charge is 0.159 e. The Morgan fingerprint density at radius 1 is 1.06 bits per heavy atom. The highest BCUT2D eigenvalue weighted by atomic mass is 79.9. The lowest BCUT2D eigenvalue weighted by molar-refractivity contribution is 0.220. The molecule has 0 fully saturated rings. The highest BCUT2D eigenvalue weighted by Gasteiger charge is 2.15. The van der Waals surface area contributed by atoms with Crippen molar-refractivity contribution in [3.8, 4) is 0 Å². The topological polar surface area (TPSA) is 46.2 Å². The summed E-state index contributed by atoms with van der Waals surface area (Å²) in [5.41, 5.74) is 6.82. The van der Waals surface area contributed by atoms with Crippen molar-refractivity contribution in [1.82, 2.24) is 0 Å². The number of halogens is 3. The fourth-order valence-electron chi connectivity index (χ4n) is 1.64. The van der Waals surface area contributed by atoms with Gasteiger partial charge in [0.05, 0.1) is 0 Å². The van der Waals surface area contributed by atoms with E-state index in [1.165, 1.54) is 6.07 Å². The fraction of sp³-hybridized carbons (Fsp3) is 0.0769. The van der Waals surface area contributed by atoms with E-state index in [4.69, 9.17) is 5.73 Å². The molecule has 0 aromatic heterocycles. The summed E-state index contributed by atoms with van der Waals surface area (Å²) < 4.78 is 26.7. The van der Waals surface area contributed by atoms with Gasteiger partial charge in [0.1, 0.15) is 6.10 Å². The van der Waals surface area contributed by atoms with Gasteiger partial charge in [-0.2, -0.15) is 0 Å². The van der Waals surface area contributed by atoms with Crippen LogP contribution in [0.3, 0.4) is 0 Å². The second-order valence-corrected chi connectivity index (χ2v) is 4.76. The van der Waals surface area contributed by atoms with E-state index < -0.39 is 17.7 Å². The van der Waals surface area contributed by atoms with E-state index in [2.05, 4.69) is 15.9 Å². The Morgan fingerprint density at radius 3 is 2.44 bits per heavy atom. The molecule has 0 radical (unpaired) electrons. The molecule has 0 heterocycles. The van der Waals surface area contributed by atoms with Gasteiger partial charge in [0, 0.05) is 15.7 Å². The minimum atomic E-state index is -1.10. The summed E-state index contributed by atoms with van der Waals surface area (Å²) in [6, 6.07) is 8.26. The van der Waals surface area contributed by atoms with Gasteiger partial charge in [-0.3, -0.25) is 0 Å². The zero-order valence-electron chi connectivity index (χ0n) is 9.20. The van der Waals surface area contributed by atoms with Crippen molar-refractivity contribution >= 4 is 21.6 Å². The van der Waals surface area contributed by atoms with Crippen molar-refractivity contribution < 1.29 is 13.9 Å². The molecule has 2 aromatic carbocycles. The SMILES string of the molecule is Nc1ccc(Br)cc1C(O)c1ccc(F)c(F)c1. The van der Waals surface area contributed by atoms with E-state index in [1.54, 1.807) is 18.2 Å². The van der Waals surface area contributed by atoms with E-state index in [0.717, 1.165) is 16.6 Å². The van der Waals surface area contributed by atoms with E-state index in [0.29, 0.717) is 11.3 Å². The first kappa shape index (κ1) is 13.0. The second-order valence-electron chi connectivity index (χ2n) is 3.85. The molecule has 0 saturated carbocycles. The van der Waals surface area contributed by atoms with Crippen LogP contribution in [-0.4, -0.2) is 5.11 Å². The maximum absolute atomic E-state index is 13.1. The van der Waals surface area contributed by atoms with Crippen LogP contribution in [0.2, 0.25) is 0 Å². The van der Waals surface area contributed by atoms with Crippen LogP contribution in [0.15, 0.2) is 40.9 Å². The zero-order chi connectivity index (χ0) is 13.3. The van der Waals surface area contributed by atoms with Crippen molar-refractivity contribution in [2.45, 2.75) is 6.10 Å². The van der Waals surface area contributed by atoms with Crippen molar-refractivity contribution in [2.24, 2.45) is 0 Å². The van der Waals surface area contributed by atoms with Crippen molar-refractivity contribution in [3.63, 3.8) is 0 Å². The predicted molar refractivity (Wildman–Crippen MR) is 69.0 cm³/mol. The van der Waals surface area contributed by atoms with E-state index in [1.807, 2.05) is 0 Å². The average molecular weight is 314 g/mol. The average Bonchev–Trinajstić information content (AvgIpc) is 2.35.